The molecule has 0 aromatic heterocycles. The van der Waals surface area contributed by atoms with Gasteiger partial charge in [-0.15, -0.1) is 0 Å². The van der Waals surface area contributed by atoms with Gasteiger partial charge in [-0.05, 0) is 37.1 Å². The number of hydrogen-bond donors (Lipinski definition) is 3. The van der Waals surface area contributed by atoms with Gasteiger partial charge in [0.05, 0.1) is 12.2 Å². The van der Waals surface area contributed by atoms with Gasteiger partial charge in [0.25, 0.3) is 0 Å². The zero-order valence-corrected chi connectivity index (χ0v) is 10.6. The highest BCUT2D eigenvalue weighted by Crippen LogP contribution is 2.24. The fourth-order valence-corrected chi connectivity index (χ4v) is 2.05. The van der Waals surface area contributed by atoms with Crippen molar-refractivity contribution >= 4 is 0 Å². The van der Waals surface area contributed by atoms with Crippen molar-refractivity contribution in [2.75, 3.05) is 6.54 Å². The Bertz CT molecular complexity index is 409. The van der Waals surface area contributed by atoms with Crippen LogP contribution < -0.4 is 16.2 Å². The maximum atomic E-state index is 13.6. The summed E-state index contributed by atoms with van der Waals surface area (Å²) in [5, 5.41) is 3.33. The number of rotatable bonds is 4. The predicted molar refractivity (Wildman–Crippen MR) is 66.6 cm³/mol. The average Bonchev–Trinajstić information content (AvgIpc) is 2.78. The van der Waals surface area contributed by atoms with E-state index in [1.54, 1.807) is 0 Å². The molecule has 1 aromatic carbocycles. The van der Waals surface area contributed by atoms with Crippen LogP contribution in [0.3, 0.4) is 0 Å². The Morgan fingerprint density at radius 3 is 2.83 bits per heavy atom. The monoisotopic (exact) mass is 255 g/mol. The summed E-state index contributed by atoms with van der Waals surface area (Å²) in [6.07, 6.45) is 0.771. The summed E-state index contributed by atoms with van der Waals surface area (Å²) < 4.78 is 26.7. The number of hydrazine groups is 1. The summed E-state index contributed by atoms with van der Waals surface area (Å²) >= 11 is 0. The Morgan fingerprint density at radius 2 is 2.11 bits per heavy atom. The van der Waals surface area contributed by atoms with Crippen LogP contribution in [0.5, 0.6) is 0 Å². The summed E-state index contributed by atoms with van der Waals surface area (Å²) in [5.74, 6) is -0.233. The molecule has 2 atom stereocenters. The van der Waals surface area contributed by atoms with E-state index in [2.05, 4.69) is 30.0 Å². The van der Waals surface area contributed by atoms with Crippen LogP contribution in [-0.4, -0.2) is 12.7 Å². The van der Waals surface area contributed by atoms with E-state index >= 15 is 0 Å². The van der Waals surface area contributed by atoms with Crippen LogP contribution >= 0.6 is 0 Å². The van der Waals surface area contributed by atoms with Gasteiger partial charge >= 0.3 is 0 Å². The van der Waals surface area contributed by atoms with E-state index in [0.29, 0.717) is 17.9 Å². The molecular weight excluding hydrogens is 236 g/mol. The van der Waals surface area contributed by atoms with Gasteiger partial charge in [0.1, 0.15) is 11.6 Å². The SMILES string of the molecule is CC(C)CNC1CC(c2cc(F)ccc2F)NN1. The lowest BCUT2D eigenvalue weighted by Gasteiger charge is -2.13. The molecule has 1 aromatic rings. The van der Waals surface area contributed by atoms with Gasteiger partial charge in [-0.25, -0.2) is 19.6 Å². The molecule has 2 rings (SSSR count). The first kappa shape index (κ1) is 13.4. The van der Waals surface area contributed by atoms with E-state index in [4.69, 9.17) is 0 Å². The van der Waals surface area contributed by atoms with Crippen molar-refractivity contribution in [3.63, 3.8) is 0 Å². The highest BCUT2D eigenvalue weighted by Gasteiger charge is 2.26. The van der Waals surface area contributed by atoms with Crippen LogP contribution in [0.2, 0.25) is 0 Å². The number of nitrogens with one attached hydrogen (secondary N) is 3. The van der Waals surface area contributed by atoms with Gasteiger partial charge in [0.2, 0.25) is 0 Å². The van der Waals surface area contributed by atoms with E-state index in [0.717, 1.165) is 12.6 Å². The standard InChI is InChI=1S/C13H19F2N3/c1-8(2)7-16-13-6-12(17-18-13)10-5-9(14)3-4-11(10)15/h3-5,8,12-13,16-18H,6-7H2,1-2H3. The first-order valence-corrected chi connectivity index (χ1v) is 6.25. The van der Waals surface area contributed by atoms with Crippen LogP contribution in [0.4, 0.5) is 8.78 Å². The second-order valence-electron chi connectivity index (χ2n) is 5.10. The highest BCUT2D eigenvalue weighted by molar-refractivity contribution is 5.23. The second-order valence-corrected chi connectivity index (χ2v) is 5.10. The normalized spacial score (nSPS) is 23.8. The van der Waals surface area contributed by atoms with E-state index in [1.165, 1.54) is 12.1 Å². The molecule has 2 unspecified atom stereocenters. The Labute approximate surface area is 106 Å². The van der Waals surface area contributed by atoms with Gasteiger partial charge in [-0.3, -0.25) is 0 Å². The molecule has 1 fully saturated rings. The third kappa shape index (κ3) is 3.25. The molecule has 1 aliphatic rings. The molecule has 3 nitrogen and oxygen atoms in total. The molecule has 0 amide bonds. The molecule has 0 radical (unpaired) electrons. The molecule has 5 heteroatoms. The van der Waals surface area contributed by atoms with E-state index in [1.807, 2.05) is 0 Å². The minimum atomic E-state index is -0.410. The zero-order chi connectivity index (χ0) is 13.1. The third-order valence-electron chi connectivity index (χ3n) is 3.01. The fourth-order valence-electron chi connectivity index (χ4n) is 2.05. The van der Waals surface area contributed by atoms with E-state index < -0.39 is 5.82 Å². The lowest BCUT2D eigenvalue weighted by molar-refractivity contribution is 0.424. The molecule has 100 valence electrons. The first-order valence-electron chi connectivity index (χ1n) is 6.25. The zero-order valence-electron chi connectivity index (χ0n) is 10.6. The third-order valence-corrected chi connectivity index (χ3v) is 3.01. The maximum Gasteiger partial charge on any atom is 0.128 e. The molecule has 1 aliphatic heterocycles. The van der Waals surface area contributed by atoms with Gasteiger partial charge in [-0.2, -0.15) is 0 Å². The van der Waals surface area contributed by atoms with Crippen LogP contribution in [0.1, 0.15) is 31.9 Å². The Balaban J connectivity index is 1.97. The lowest BCUT2D eigenvalue weighted by Crippen LogP contribution is -2.42. The van der Waals surface area contributed by atoms with E-state index in [-0.39, 0.29) is 18.0 Å². The van der Waals surface area contributed by atoms with Crippen molar-refractivity contribution in [2.45, 2.75) is 32.5 Å². The fraction of sp³-hybridized carbons (Fsp3) is 0.538. The Hall–Kier alpha value is -1.04. The molecule has 0 spiro atoms. The summed E-state index contributed by atoms with van der Waals surface area (Å²) in [5.41, 5.74) is 6.42. The van der Waals surface area contributed by atoms with Crippen LogP contribution in [0, 0.1) is 17.6 Å². The maximum absolute atomic E-state index is 13.6. The summed E-state index contributed by atoms with van der Waals surface area (Å²) in [6.45, 7) is 5.13. The summed E-state index contributed by atoms with van der Waals surface area (Å²) in [4.78, 5) is 0. The van der Waals surface area contributed by atoms with Crippen molar-refractivity contribution in [2.24, 2.45) is 5.92 Å². The summed E-state index contributed by atoms with van der Waals surface area (Å²) in [6, 6.07) is 3.35. The van der Waals surface area contributed by atoms with Crippen LogP contribution in [0.25, 0.3) is 0 Å². The minimum Gasteiger partial charge on any atom is -0.301 e. The Kier molecular flexibility index (Phi) is 4.27. The second kappa shape index (κ2) is 5.73. The molecule has 0 aliphatic carbocycles. The minimum absolute atomic E-state index is 0.0834. The molecule has 0 bridgehead atoms. The lowest BCUT2D eigenvalue weighted by atomic mass is 10.0. The van der Waals surface area contributed by atoms with Crippen LogP contribution in [-0.2, 0) is 0 Å². The molecule has 1 heterocycles. The molecule has 0 saturated carbocycles. The topological polar surface area (TPSA) is 36.1 Å². The highest BCUT2D eigenvalue weighted by atomic mass is 19.1. The van der Waals surface area contributed by atoms with Crippen molar-refractivity contribution in [3.05, 3.63) is 35.4 Å². The van der Waals surface area contributed by atoms with Crippen molar-refractivity contribution < 1.29 is 8.78 Å². The van der Waals surface area contributed by atoms with Gasteiger partial charge in [-0.1, -0.05) is 13.8 Å². The van der Waals surface area contributed by atoms with Gasteiger partial charge in [0.15, 0.2) is 0 Å². The number of hydrogen-bond acceptors (Lipinski definition) is 3. The predicted octanol–water partition coefficient (Wildman–Crippen LogP) is 2.08. The first-order chi connectivity index (χ1) is 8.56. The van der Waals surface area contributed by atoms with Crippen molar-refractivity contribution in [3.8, 4) is 0 Å². The number of benzene rings is 1. The van der Waals surface area contributed by atoms with E-state index in [9.17, 15) is 8.78 Å². The molecular formula is C13H19F2N3. The van der Waals surface area contributed by atoms with Gasteiger partial charge in [0, 0.05) is 5.56 Å². The van der Waals surface area contributed by atoms with Crippen molar-refractivity contribution in [1.82, 2.24) is 16.2 Å². The Morgan fingerprint density at radius 1 is 1.33 bits per heavy atom. The quantitative estimate of drug-likeness (QED) is 0.771. The molecule has 18 heavy (non-hydrogen) atoms. The number of halogens is 2. The largest absolute Gasteiger partial charge is 0.301 e. The molecule has 3 N–H and O–H groups in total. The summed E-state index contributed by atoms with van der Waals surface area (Å²) in [7, 11) is 0. The van der Waals surface area contributed by atoms with Crippen molar-refractivity contribution in [1.29, 1.82) is 0 Å². The van der Waals surface area contributed by atoms with Gasteiger partial charge < -0.3 is 5.32 Å². The average molecular weight is 255 g/mol. The molecule has 1 saturated heterocycles. The smallest absolute Gasteiger partial charge is 0.128 e. The van der Waals surface area contributed by atoms with Crippen LogP contribution in [0.15, 0.2) is 18.2 Å².